The van der Waals surface area contributed by atoms with Crippen molar-refractivity contribution in [2.45, 2.75) is 38.8 Å². The molecule has 104 valence electrons. The average Bonchev–Trinajstić information content (AvgIpc) is 2.71. The first-order chi connectivity index (χ1) is 8.31. The lowest BCUT2D eigenvalue weighted by Crippen LogP contribution is -2.38. The minimum Gasteiger partial charge on any atom is -0.444 e. The maximum atomic E-state index is 12.0. The van der Waals surface area contributed by atoms with E-state index in [4.69, 9.17) is 10.5 Å². The van der Waals surface area contributed by atoms with E-state index >= 15 is 0 Å². The van der Waals surface area contributed by atoms with Gasteiger partial charge in [0.15, 0.2) is 0 Å². The molecule has 1 saturated heterocycles. The van der Waals surface area contributed by atoms with E-state index in [1.165, 1.54) is 0 Å². The number of rotatable bonds is 1. The fraction of sp³-hybridized carbons (Fsp3) is 0.923. The fourth-order valence-electron chi connectivity index (χ4n) is 3.22. The highest BCUT2D eigenvalue weighted by molar-refractivity contribution is 5.68. The Hall–Kier alpha value is -0.810. The second-order valence-corrected chi connectivity index (χ2v) is 6.56. The number of hydrogen-bond acceptors (Lipinski definition) is 4. The third-order valence-electron chi connectivity index (χ3n) is 4.03. The molecule has 18 heavy (non-hydrogen) atoms. The summed E-state index contributed by atoms with van der Waals surface area (Å²) in [6, 6.07) is 0.0748. The largest absolute Gasteiger partial charge is 0.444 e. The normalized spacial score (nSPS) is 35.7. The molecule has 1 heterocycles. The summed E-state index contributed by atoms with van der Waals surface area (Å²) < 4.78 is 5.38. The topological polar surface area (TPSA) is 75.8 Å². The molecule has 0 aromatic rings. The zero-order valence-electron chi connectivity index (χ0n) is 11.4. The van der Waals surface area contributed by atoms with Crippen LogP contribution in [0.2, 0.25) is 0 Å². The van der Waals surface area contributed by atoms with Crippen molar-refractivity contribution < 1.29 is 14.6 Å². The summed E-state index contributed by atoms with van der Waals surface area (Å²) in [5.41, 5.74) is 5.55. The summed E-state index contributed by atoms with van der Waals surface area (Å²) in [6.07, 6.45) is 0.650. The van der Waals surface area contributed by atoms with Crippen LogP contribution in [0.1, 0.15) is 27.2 Å². The maximum Gasteiger partial charge on any atom is 0.410 e. The van der Waals surface area contributed by atoms with Gasteiger partial charge in [0.25, 0.3) is 0 Å². The number of likely N-dealkylation sites (tertiary alicyclic amines) is 1. The first-order valence-corrected chi connectivity index (χ1v) is 6.66. The lowest BCUT2D eigenvalue weighted by Gasteiger charge is -2.26. The Balaban J connectivity index is 1.96. The highest BCUT2D eigenvalue weighted by Gasteiger charge is 2.48. The number of carbonyl (C=O) groups is 1. The molecule has 2 rings (SSSR count). The van der Waals surface area contributed by atoms with Gasteiger partial charge >= 0.3 is 6.09 Å². The molecule has 1 amide bonds. The Kier molecular flexibility index (Phi) is 3.56. The third kappa shape index (κ3) is 2.62. The van der Waals surface area contributed by atoms with Crippen molar-refractivity contribution in [2.75, 3.05) is 19.7 Å². The lowest BCUT2D eigenvalue weighted by atomic mass is 9.92. The minimum atomic E-state index is -0.457. The second kappa shape index (κ2) is 4.70. The van der Waals surface area contributed by atoms with E-state index < -0.39 is 5.60 Å². The third-order valence-corrected chi connectivity index (χ3v) is 4.03. The molecular weight excluding hydrogens is 232 g/mol. The van der Waals surface area contributed by atoms with Crippen LogP contribution >= 0.6 is 0 Å². The number of aliphatic hydroxyl groups is 1. The van der Waals surface area contributed by atoms with E-state index in [0.717, 1.165) is 6.42 Å². The predicted octanol–water partition coefficient (Wildman–Crippen LogP) is 0.809. The van der Waals surface area contributed by atoms with Crippen molar-refractivity contribution in [3.63, 3.8) is 0 Å². The molecule has 4 unspecified atom stereocenters. The van der Waals surface area contributed by atoms with Gasteiger partial charge in [0.1, 0.15) is 5.60 Å². The molecule has 1 aliphatic heterocycles. The molecule has 0 aromatic heterocycles. The van der Waals surface area contributed by atoms with Crippen LogP contribution in [-0.4, -0.2) is 47.4 Å². The van der Waals surface area contributed by atoms with Crippen molar-refractivity contribution in [3.8, 4) is 0 Å². The first-order valence-electron chi connectivity index (χ1n) is 6.66. The summed E-state index contributed by atoms with van der Waals surface area (Å²) in [5.74, 6) is 0.879. The van der Waals surface area contributed by atoms with Crippen LogP contribution in [-0.2, 0) is 4.74 Å². The quantitative estimate of drug-likeness (QED) is 0.728. The molecule has 3 N–H and O–H groups in total. The first kappa shape index (κ1) is 13.6. The smallest absolute Gasteiger partial charge is 0.410 e. The summed E-state index contributed by atoms with van der Waals surface area (Å²) in [5, 5.41) is 9.38. The summed E-state index contributed by atoms with van der Waals surface area (Å²) in [6.45, 7) is 7.10. The van der Waals surface area contributed by atoms with Crippen molar-refractivity contribution in [3.05, 3.63) is 0 Å². The zero-order valence-corrected chi connectivity index (χ0v) is 11.4. The molecule has 2 aliphatic rings. The summed E-state index contributed by atoms with van der Waals surface area (Å²) in [7, 11) is 0. The predicted molar refractivity (Wildman–Crippen MR) is 68.0 cm³/mol. The number of nitrogens with zero attached hydrogens (tertiary/aromatic N) is 1. The van der Waals surface area contributed by atoms with Crippen LogP contribution < -0.4 is 5.73 Å². The molecule has 0 radical (unpaired) electrons. The van der Waals surface area contributed by atoms with Gasteiger partial charge in [-0.1, -0.05) is 0 Å². The molecule has 4 atom stereocenters. The van der Waals surface area contributed by atoms with Gasteiger partial charge in [0.05, 0.1) is 0 Å². The second-order valence-electron chi connectivity index (χ2n) is 6.56. The van der Waals surface area contributed by atoms with E-state index in [0.29, 0.717) is 24.9 Å². The standard InChI is InChI=1S/C13H24N2O3/c1-13(2,3)18-12(17)15-5-8-4-11(14)10(7-16)9(8)6-15/h8-11,16H,4-7,14H2,1-3H3. The monoisotopic (exact) mass is 256 g/mol. The highest BCUT2D eigenvalue weighted by Crippen LogP contribution is 2.41. The molecule has 5 heteroatoms. The van der Waals surface area contributed by atoms with Crippen LogP contribution in [0.4, 0.5) is 4.79 Å². The SMILES string of the molecule is CC(C)(C)OC(=O)N1CC2CC(N)C(CO)C2C1. The number of aliphatic hydroxyl groups excluding tert-OH is 1. The van der Waals surface area contributed by atoms with E-state index in [9.17, 15) is 9.90 Å². The van der Waals surface area contributed by atoms with E-state index in [2.05, 4.69) is 0 Å². The van der Waals surface area contributed by atoms with E-state index in [1.54, 1.807) is 4.90 Å². The number of amides is 1. The molecule has 1 aliphatic carbocycles. The molecule has 2 fully saturated rings. The lowest BCUT2D eigenvalue weighted by molar-refractivity contribution is 0.0269. The average molecular weight is 256 g/mol. The van der Waals surface area contributed by atoms with Crippen molar-refractivity contribution in [1.82, 2.24) is 4.90 Å². The zero-order chi connectivity index (χ0) is 13.5. The molecule has 0 spiro atoms. The minimum absolute atomic E-state index is 0.0748. The number of fused-ring (bicyclic) bond motifs is 1. The number of hydrogen-bond donors (Lipinski definition) is 2. The van der Waals surface area contributed by atoms with Crippen molar-refractivity contribution in [2.24, 2.45) is 23.5 Å². The summed E-state index contributed by atoms with van der Waals surface area (Å²) >= 11 is 0. The number of nitrogens with two attached hydrogens (primary N) is 1. The fourth-order valence-corrected chi connectivity index (χ4v) is 3.22. The van der Waals surface area contributed by atoms with Gasteiger partial charge in [-0.2, -0.15) is 0 Å². The van der Waals surface area contributed by atoms with Crippen LogP contribution in [0, 0.1) is 17.8 Å². The number of carbonyl (C=O) groups excluding carboxylic acids is 1. The molecular formula is C13H24N2O3. The number of ether oxygens (including phenoxy) is 1. The van der Waals surface area contributed by atoms with Crippen LogP contribution in [0.15, 0.2) is 0 Å². The Bertz CT molecular complexity index is 327. The van der Waals surface area contributed by atoms with Crippen LogP contribution in [0.5, 0.6) is 0 Å². The Morgan fingerprint density at radius 2 is 2.11 bits per heavy atom. The highest BCUT2D eigenvalue weighted by atomic mass is 16.6. The van der Waals surface area contributed by atoms with Gasteiger partial charge in [-0.25, -0.2) is 4.79 Å². The van der Waals surface area contributed by atoms with Crippen LogP contribution in [0.3, 0.4) is 0 Å². The van der Waals surface area contributed by atoms with Gasteiger partial charge in [0, 0.05) is 31.7 Å². The molecule has 0 aromatic carbocycles. The van der Waals surface area contributed by atoms with Gasteiger partial charge < -0.3 is 20.5 Å². The summed E-state index contributed by atoms with van der Waals surface area (Å²) in [4.78, 5) is 13.7. The Morgan fingerprint density at radius 1 is 1.44 bits per heavy atom. The van der Waals surface area contributed by atoms with Gasteiger partial charge in [-0.15, -0.1) is 0 Å². The molecule has 0 bridgehead atoms. The maximum absolute atomic E-state index is 12.0. The Morgan fingerprint density at radius 3 is 2.67 bits per heavy atom. The van der Waals surface area contributed by atoms with Gasteiger partial charge in [-0.05, 0) is 39.0 Å². The van der Waals surface area contributed by atoms with Crippen LogP contribution in [0.25, 0.3) is 0 Å². The van der Waals surface area contributed by atoms with Gasteiger partial charge in [-0.3, -0.25) is 0 Å². The molecule has 5 nitrogen and oxygen atoms in total. The van der Waals surface area contributed by atoms with Crippen molar-refractivity contribution in [1.29, 1.82) is 0 Å². The molecule has 1 saturated carbocycles. The Labute approximate surface area is 108 Å². The van der Waals surface area contributed by atoms with Crippen molar-refractivity contribution >= 4 is 6.09 Å². The van der Waals surface area contributed by atoms with E-state index in [1.807, 2.05) is 20.8 Å². The van der Waals surface area contributed by atoms with Gasteiger partial charge in [0.2, 0.25) is 0 Å². The van der Waals surface area contributed by atoms with E-state index in [-0.39, 0.29) is 24.7 Å².